The van der Waals surface area contributed by atoms with E-state index < -0.39 is 0 Å². The van der Waals surface area contributed by atoms with Crippen LogP contribution in [0, 0.1) is 28.1 Å². The normalized spacial score (nSPS) is 40.5. The Morgan fingerprint density at radius 3 is 2.07 bits per heavy atom. The number of hydrogen-bond donors (Lipinski definition) is 0. The molecule has 2 aliphatic carbocycles. The molecule has 0 heterocycles. The summed E-state index contributed by atoms with van der Waals surface area (Å²) in [7, 11) is 0. The Hall–Kier alpha value is -0.330. The molecule has 0 spiro atoms. The molecule has 2 fully saturated rings. The van der Waals surface area contributed by atoms with Crippen LogP contribution in [0.15, 0.2) is 0 Å². The van der Waals surface area contributed by atoms with Crippen molar-refractivity contribution in [3.8, 4) is 0 Å². The second-order valence-corrected chi connectivity index (χ2v) is 7.54. The number of rotatable bonds is 0. The lowest BCUT2D eigenvalue weighted by atomic mass is 9.36. The highest BCUT2D eigenvalue weighted by molar-refractivity contribution is 5.85. The Morgan fingerprint density at radius 2 is 1.53 bits per heavy atom. The standard InChI is InChI=1S/C14H24O/c1-12(2)7-9-11(10(15)8-12)14(5,6)13(9,3)4/h9,11H,7-8H2,1-6H3/t9-,11+/m1/s1. The summed E-state index contributed by atoms with van der Waals surface area (Å²) in [6.45, 7) is 13.7. The Balaban J connectivity index is 2.32. The molecule has 1 nitrogen and oxygen atoms in total. The second kappa shape index (κ2) is 2.67. The highest BCUT2D eigenvalue weighted by Crippen LogP contribution is 2.69. The van der Waals surface area contributed by atoms with Gasteiger partial charge in [-0.3, -0.25) is 4.79 Å². The van der Waals surface area contributed by atoms with Crippen LogP contribution in [0.4, 0.5) is 0 Å². The Kier molecular flexibility index (Phi) is 1.99. The summed E-state index contributed by atoms with van der Waals surface area (Å²) in [5, 5.41) is 0. The van der Waals surface area contributed by atoms with Gasteiger partial charge in [0.2, 0.25) is 0 Å². The predicted molar refractivity (Wildman–Crippen MR) is 62.6 cm³/mol. The summed E-state index contributed by atoms with van der Waals surface area (Å²) in [6, 6.07) is 0. The van der Waals surface area contributed by atoms with Gasteiger partial charge in [0.1, 0.15) is 5.78 Å². The number of Topliss-reactive ketones (excluding diaryl/α,β-unsaturated/α-hetero) is 1. The fraction of sp³-hybridized carbons (Fsp3) is 0.929. The van der Waals surface area contributed by atoms with E-state index in [-0.39, 0.29) is 10.8 Å². The molecule has 0 saturated heterocycles. The fourth-order valence-electron chi connectivity index (χ4n) is 3.95. The molecule has 0 aromatic heterocycles. The van der Waals surface area contributed by atoms with Crippen LogP contribution in [-0.2, 0) is 4.79 Å². The molecule has 0 N–H and O–H groups in total. The lowest BCUT2D eigenvalue weighted by Crippen LogP contribution is -2.65. The van der Waals surface area contributed by atoms with Gasteiger partial charge in [-0.1, -0.05) is 41.5 Å². The van der Waals surface area contributed by atoms with Crippen LogP contribution < -0.4 is 0 Å². The summed E-state index contributed by atoms with van der Waals surface area (Å²) < 4.78 is 0. The highest BCUT2D eigenvalue weighted by atomic mass is 16.1. The van der Waals surface area contributed by atoms with Crippen LogP contribution >= 0.6 is 0 Å². The minimum absolute atomic E-state index is 0.200. The van der Waals surface area contributed by atoms with E-state index in [4.69, 9.17) is 0 Å². The van der Waals surface area contributed by atoms with Crippen LogP contribution in [0.5, 0.6) is 0 Å². The number of carbonyl (C=O) groups excluding carboxylic acids is 1. The summed E-state index contributed by atoms with van der Waals surface area (Å²) >= 11 is 0. The molecule has 0 unspecified atom stereocenters. The van der Waals surface area contributed by atoms with Crippen molar-refractivity contribution in [1.82, 2.24) is 0 Å². The smallest absolute Gasteiger partial charge is 0.137 e. The third-order valence-electron chi connectivity index (χ3n) is 5.54. The molecule has 2 aliphatic rings. The Bertz CT molecular complexity index is 309. The van der Waals surface area contributed by atoms with Gasteiger partial charge in [-0.25, -0.2) is 0 Å². The van der Waals surface area contributed by atoms with Gasteiger partial charge >= 0.3 is 0 Å². The summed E-state index contributed by atoms with van der Waals surface area (Å²) in [4.78, 5) is 12.2. The number of carbonyl (C=O) groups is 1. The molecule has 0 aromatic carbocycles. The maximum absolute atomic E-state index is 12.2. The van der Waals surface area contributed by atoms with Crippen molar-refractivity contribution in [2.45, 2.75) is 54.4 Å². The zero-order valence-corrected chi connectivity index (χ0v) is 11.0. The lowest BCUT2D eigenvalue weighted by Gasteiger charge is -2.68. The van der Waals surface area contributed by atoms with E-state index >= 15 is 0 Å². The molecule has 1 heteroatoms. The minimum Gasteiger partial charge on any atom is -0.299 e. The van der Waals surface area contributed by atoms with E-state index in [0.717, 1.165) is 6.42 Å². The zero-order valence-electron chi connectivity index (χ0n) is 11.0. The number of hydrogen-bond acceptors (Lipinski definition) is 1. The van der Waals surface area contributed by atoms with Crippen LogP contribution in [0.3, 0.4) is 0 Å². The van der Waals surface area contributed by atoms with Crippen LogP contribution in [0.25, 0.3) is 0 Å². The van der Waals surface area contributed by atoms with Crippen molar-refractivity contribution in [3.63, 3.8) is 0 Å². The lowest BCUT2D eigenvalue weighted by molar-refractivity contribution is -0.201. The molecule has 2 rings (SSSR count). The molecule has 0 amide bonds. The van der Waals surface area contributed by atoms with Crippen LogP contribution in [-0.4, -0.2) is 5.78 Å². The predicted octanol–water partition coefficient (Wildman–Crippen LogP) is 3.67. The molecular formula is C14H24O. The van der Waals surface area contributed by atoms with Gasteiger partial charge in [0.15, 0.2) is 0 Å². The minimum atomic E-state index is 0.200. The van der Waals surface area contributed by atoms with Gasteiger partial charge in [-0.15, -0.1) is 0 Å². The Morgan fingerprint density at radius 1 is 1.00 bits per heavy atom. The summed E-state index contributed by atoms with van der Waals surface area (Å²) in [5.41, 5.74) is 0.752. The monoisotopic (exact) mass is 208 g/mol. The highest BCUT2D eigenvalue weighted by Gasteiger charge is 2.66. The SMILES string of the molecule is CC1(C)CC(=O)[C@@H]2[C@@H](C1)C(C)(C)C2(C)C. The molecule has 0 aromatic rings. The van der Waals surface area contributed by atoms with Crippen molar-refractivity contribution < 1.29 is 4.79 Å². The van der Waals surface area contributed by atoms with Crippen LogP contribution in [0.2, 0.25) is 0 Å². The fourth-order valence-corrected chi connectivity index (χ4v) is 3.95. The molecule has 15 heavy (non-hydrogen) atoms. The van der Waals surface area contributed by atoms with Crippen molar-refractivity contribution >= 4 is 5.78 Å². The molecular weight excluding hydrogens is 184 g/mol. The quantitative estimate of drug-likeness (QED) is 0.593. The van der Waals surface area contributed by atoms with E-state index in [1.54, 1.807) is 0 Å². The molecule has 2 saturated carbocycles. The van der Waals surface area contributed by atoms with E-state index in [1.807, 2.05) is 0 Å². The van der Waals surface area contributed by atoms with Crippen molar-refractivity contribution in [2.75, 3.05) is 0 Å². The molecule has 0 aliphatic heterocycles. The molecule has 86 valence electrons. The number of fused-ring (bicyclic) bond motifs is 1. The number of ketones is 1. The first-order valence-electron chi connectivity index (χ1n) is 6.12. The third kappa shape index (κ3) is 1.24. The topological polar surface area (TPSA) is 17.1 Å². The van der Waals surface area contributed by atoms with Crippen molar-refractivity contribution in [3.05, 3.63) is 0 Å². The van der Waals surface area contributed by atoms with E-state index in [2.05, 4.69) is 41.5 Å². The van der Waals surface area contributed by atoms with Gasteiger partial charge in [-0.05, 0) is 28.6 Å². The average Bonchev–Trinajstić information content (AvgIpc) is 1.99. The molecule has 2 atom stereocenters. The zero-order chi connectivity index (χ0) is 11.6. The first-order valence-corrected chi connectivity index (χ1v) is 6.12. The second-order valence-electron chi connectivity index (χ2n) is 7.54. The molecule has 0 bridgehead atoms. The third-order valence-corrected chi connectivity index (χ3v) is 5.54. The van der Waals surface area contributed by atoms with E-state index in [0.29, 0.717) is 23.0 Å². The van der Waals surface area contributed by atoms with E-state index in [1.165, 1.54) is 6.42 Å². The maximum atomic E-state index is 12.2. The first-order chi connectivity index (χ1) is 6.59. The van der Waals surface area contributed by atoms with Crippen molar-refractivity contribution in [2.24, 2.45) is 28.1 Å². The van der Waals surface area contributed by atoms with Gasteiger partial charge in [0, 0.05) is 12.3 Å². The molecule has 0 radical (unpaired) electrons. The first kappa shape index (κ1) is 11.2. The van der Waals surface area contributed by atoms with Crippen LogP contribution in [0.1, 0.15) is 54.4 Å². The Labute approximate surface area is 93.6 Å². The summed E-state index contributed by atoms with van der Waals surface area (Å²) in [6.07, 6.45) is 2.01. The average molecular weight is 208 g/mol. The largest absolute Gasteiger partial charge is 0.299 e. The van der Waals surface area contributed by atoms with E-state index in [9.17, 15) is 4.79 Å². The van der Waals surface area contributed by atoms with Gasteiger partial charge < -0.3 is 0 Å². The summed E-state index contributed by atoms with van der Waals surface area (Å²) in [5.74, 6) is 1.46. The van der Waals surface area contributed by atoms with Gasteiger partial charge in [-0.2, -0.15) is 0 Å². The van der Waals surface area contributed by atoms with Gasteiger partial charge in [0.05, 0.1) is 0 Å². The van der Waals surface area contributed by atoms with Crippen molar-refractivity contribution in [1.29, 1.82) is 0 Å². The maximum Gasteiger partial charge on any atom is 0.137 e. The van der Waals surface area contributed by atoms with Gasteiger partial charge in [0.25, 0.3) is 0 Å².